The summed E-state index contributed by atoms with van der Waals surface area (Å²) in [6, 6.07) is 11.9. The zero-order valence-electron chi connectivity index (χ0n) is 15.0. The Morgan fingerprint density at radius 1 is 1.07 bits per heavy atom. The molecule has 2 fully saturated rings. The third-order valence-corrected chi connectivity index (χ3v) is 5.50. The van der Waals surface area contributed by atoms with Crippen molar-refractivity contribution in [3.05, 3.63) is 53.1 Å². The number of nitrogens with zero attached hydrogens (tertiary/aromatic N) is 2. The average molecular weight is 387 g/mol. The number of fused-ring (bicyclic) bond motifs is 2. The predicted octanol–water partition coefficient (Wildman–Crippen LogP) is 2.99. The second-order valence-corrected chi connectivity index (χ2v) is 6.97. The van der Waals surface area contributed by atoms with E-state index in [1.54, 1.807) is 34.1 Å². The number of hydrogen-bond acceptors (Lipinski definition) is 4. The number of rotatable bonds is 4. The molecule has 2 aliphatic rings. The van der Waals surface area contributed by atoms with Crippen LogP contribution in [-0.2, 0) is 4.79 Å². The maximum Gasteiger partial charge on any atom is 0.262 e. The van der Waals surface area contributed by atoms with Gasteiger partial charge in [0.05, 0.1) is 31.0 Å². The van der Waals surface area contributed by atoms with Gasteiger partial charge in [-0.1, -0.05) is 29.8 Å². The zero-order valence-corrected chi connectivity index (χ0v) is 15.8. The summed E-state index contributed by atoms with van der Waals surface area (Å²) < 4.78 is 10.7. The number of carbonyl (C=O) groups excluding carboxylic acids is 2. The Morgan fingerprint density at radius 2 is 1.74 bits per heavy atom. The number of para-hydroxylation sites is 1. The summed E-state index contributed by atoms with van der Waals surface area (Å²) in [5, 5.41) is 0.530. The lowest BCUT2D eigenvalue weighted by Crippen LogP contribution is -2.52. The molecule has 2 bridgehead atoms. The summed E-state index contributed by atoms with van der Waals surface area (Å²) in [5.41, 5.74) is 1.03. The van der Waals surface area contributed by atoms with Crippen LogP contribution in [0.25, 0.3) is 0 Å². The summed E-state index contributed by atoms with van der Waals surface area (Å²) in [5.74, 6) is 0.487. The highest BCUT2D eigenvalue weighted by molar-refractivity contribution is 6.34. The predicted molar refractivity (Wildman–Crippen MR) is 102 cm³/mol. The Morgan fingerprint density at radius 3 is 2.33 bits per heavy atom. The third-order valence-electron chi connectivity index (χ3n) is 5.18. The molecule has 0 unspecified atom stereocenters. The number of amides is 2. The van der Waals surface area contributed by atoms with Crippen LogP contribution in [0.15, 0.2) is 42.5 Å². The highest BCUT2D eigenvalue weighted by Crippen LogP contribution is 2.40. The fourth-order valence-corrected chi connectivity index (χ4v) is 4.19. The van der Waals surface area contributed by atoms with Crippen molar-refractivity contribution in [2.24, 2.45) is 0 Å². The number of ether oxygens (including phenoxy) is 2. The molecule has 7 heteroatoms. The van der Waals surface area contributed by atoms with E-state index in [1.165, 1.54) is 14.2 Å². The van der Waals surface area contributed by atoms with E-state index in [0.29, 0.717) is 40.7 Å². The molecular formula is C20H19ClN2O4. The van der Waals surface area contributed by atoms with Gasteiger partial charge in [0.25, 0.3) is 5.91 Å². The van der Waals surface area contributed by atoms with E-state index in [1.807, 2.05) is 18.2 Å². The summed E-state index contributed by atoms with van der Waals surface area (Å²) in [7, 11) is 3.01. The molecule has 2 amide bonds. The molecule has 0 aliphatic carbocycles. The minimum absolute atomic E-state index is 0.0907. The fourth-order valence-electron chi connectivity index (χ4n) is 3.97. The van der Waals surface area contributed by atoms with Crippen molar-refractivity contribution in [1.29, 1.82) is 0 Å². The summed E-state index contributed by atoms with van der Waals surface area (Å²) in [6.45, 7) is 0.446. The molecule has 140 valence electrons. The minimum Gasteiger partial charge on any atom is -0.496 e. The fraction of sp³-hybridized carbons (Fsp3) is 0.300. The number of piperazine rings is 1. The molecule has 0 saturated carbocycles. The lowest BCUT2D eigenvalue weighted by Gasteiger charge is -2.34. The standard InChI is InChI=1S/C20H19ClN2O4/c1-26-16-8-5-9-17(27-2)18(16)20(25)22-11-12-10-15(22)19(24)23(12)14-7-4-3-6-13(14)21/h3-9,12,15H,10-11H2,1-2H3/t12-,15-/m0/s1. The van der Waals surface area contributed by atoms with E-state index in [4.69, 9.17) is 21.1 Å². The second kappa shape index (κ2) is 6.78. The topological polar surface area (TPSA) is 59.1 Å². The average Bonchev–Trinajstić information content (AvgIpc) is 3.25. The maximum atomic E-state index is 13.2. The second-order valence-electron chi connectivity index (χ2n) is 6.56. The SMILES string of the molecule is COc1cccc(OC)c1C(=O)N1C[C@@H]2C[C@H]1C(=O)N2c1ccccc1Cl. The van der Waals surface area contributed by atoms with Crippen molar-refractivity contribution < 1.29 is 19.1 Å². The molecule has 2 aliphatic heterocycles. The highest BCUT2D eigenvalue weighted by Gasteiger charge is 2.52. The molecule has 0 radical (unpaired) electrons. The summed E-state index contributed by atoms with van der Waals surface area (Å²) in [6.07, 6.45) is 0.591. The first-order valence-corrected chi connectivity index (χ1v) is 9.04. The molecule has 0 N–H and O–H groups in total. The van der Waals surface area contributed by atoms with Crippen LogP contribution in [0.1, 0.15) is 16.8 Å². The molecule has 2 atom stereocenters. The monoisotopic (exact) mass is 386 g/mol. The van der Waals surface area contributed by atoms with Gasteiger partial charge >= 0.3 is 0 Å². The lowest BCUT2D eigenvalue weighted by atomic mass is 10.1. The number of carbonyl (C=O) groups is 2. The number of halogens is 1. The van der Waals surface area contributed by atoms with Crippen LogP contribution >= 0.6 is 11.6 Å². The van der Waals surface area contributed by atoms with Crippen molar-refractivity contribution in [3.8, 4) is 11.5 Å². The smallest absolute Gasteiger partial charge is 0.262 e. The van der Waals surface area contributed by atoms with Gasteiger partial charge < -0.3 is 19.3 Å². The van der Waals surface area contributed by atoms with Crippen LogP contribution in [0.5, 0.6) is 11.5 Å². The van der Waals surface area contributed by atoms with E-state index in [9.17, 15) is 9.59 Å². The quantitative estimate of drug-likeness (QED) is 0.810. The normalized spacial score (nSPS) is 20.9. The van der Waals surface area contributed by atoms with Gasteiger partial charge in [0, 0.05) is 6.54 Å². The maximum absolute atomic E-state index is 13.2. The molecule has 2 aromatic rings. The Hall–Kier alpha value is -2.73. The Kier molecular flexibility index (Phi) is 4.44. The Bertz CT molecular complexity index is 894. The number of likely N-dealkylation sites (tertiary alicyclic amines) is 1. The molecule has 27 heavy (non-hydrogen) atoms. The van der Waals surface area contributed by atoms with E-state index < -0.39 is 6.04 Å². The van der Waals surface area contributed by atoms with E-state index in [0.717, 1.165) is 0 Å². The largest absolute Gasteiger partial charge is 0.496 e. The number of methoxy groups -OCH3 is 2. The third kappa shape index (κ3) is 2.72. The minimum atomic E-state index is -0.506. The van der Waals surface area contributed by atoms with E-state index in [2.05, 4.69) is 0 Å². The molecule has 2 heterocycles. The van der Waals surface area contributed by atoms with Crippen molar-refractivity contribution in [3.63, 3.8) is 0 Å². The van der Waals surface area contributed by atoms with Crippen molar-refractivity contribution in [2.45, 2.75) is 18.5 Å². The van der Waals surface area contributed by atoms with E-state index >= 15 is 0 Å². The van der Waals surface area contributed by atoms with Gasteiger partial charge in [-0.3, -0.25) is 9.59 Å². The van der Waals surface area contributed by atoms with Gasteiger partial charge in [0.2, 0.25) is 5.91 Å². The molecule has 0 aromatic heterocycles. The number of benzene rings is 2. The van der Waals surface area contributed by atoms with Gasteiger partial charge in [-0.2, -0.15) is 0 Å². The Labute approximate surface area is 162 Å². The zero-order chi connectivity index (χ0) is 19.1. The molecule has 6 nitrogen and oxygen atoms in total. The summed E-state index contributed by atoms with van der Waals surface area (Å²) in [4.78, 5) is 29.5. The first kappa shape index (κ1) is 17.7. The van der Waals surface area contributed by atoms with Crippen LogP contribution in [0.2, 0.25) is 5.02 Å². The Balaban J connectivity index is 1.64. The van der Waals surface area contributed by atoms with Crippen molar-refractivity contribution in [1.82, 2.24) is 4.90 Å². The molecule has 0 spiro atoms. The number of anilines is 1. The van der Waals surface area contributed by atoms with Crippen LogP contribution in [0, 0.1) is 0 Å². The van der Waals surface area contributed by atoms with Crippen molar-refractivity contribution >= 4 is 29.1 Å². The molecule has 2 aromatic carbocycles. The molecular weight excluding hydrogens is 368 g/mol. The molecule has 2 saturated heterocycles. The lowest BCUT2D eigenvalue weighted by molar-refractivity contribution is -0.121. The van der Waals surface area contributed by atoms with E-state index in [-0.39, 0.29) is 17.9 Å². The van der Waals surface area contributed by atoms with Crippen LogP contribution in [-0.4, -0.2) is 49.6 Å². The van der Waals surface area contributed by atoms with Crippen LogP contribution < -0.4 is 14.4 Å². The van der Waals surface area contributed by atoms with Gasteiger partial charge in [-0.25, -0.2) is 0 Å². The van der Waals surface area contributed by atoms with Gasteiger partial charge in [-0.15, -0.1) is 0 Å². The first-order chi connectivity index (χ1) is 13.1. The highest BCUT2D eigenvalue weighted by atomic mass is 35.5. The molecule has 4 rings (SSSR count). The van der Waals surface area contributed by atoms with Crippen LogP contribution in [0.3, 0.4) is 0 Å². The number of hydrogen-bond donors (Lipinski definition) is 0. The van der Waals surface area contributed by atoms with Crippen molar-refractivity contribution in [2.75, 3.05) is 25.7 Å². The van der Waals surface area contributed by atoms with Crippen LogP contribution in [0.4, 0.5) is 5.69 Å². The van der Waals surface area contributed by atoms with Gasteiger partial charge in [0.1, 0.15) is 23.1 Å². The van der Waals surface area contributed by atoms with Gasteiger partial charge in [-0.05, 0) is 30.7 Å². The first-order valence-electron chi connectivity index (χ1n) is 8.66. The van der Waals surface area contributed by atoms with Gasteiger partial charge in [0.15, 0.2) is 0 Å². The summed E-state index contributed by atoms with van der Waals surface area (Å²) >= 11 is 6.27.